The van der Waals surface area contributed by atoms with Gasteiger partial charge in [0, 0.05) is 0 Å². The lowest BCUT2D eigenvalue weighted by atomic mass is 9.92. The zero-order valence-corrected chi connectivity index (χ0v) is 12.2. The summed E-state index contributed by atoms with van der Waals surface area (Å²) in [4.78, 5) is 11.9. The summed E-state index contributed by atoms with van der Waals surface area (Å²) in [6, 6.07) is 3.23. The predicted molar refractivity (Wildman–Crippen MR) is 75.7 cm³/mol. The van der Waals surface area contributed by atoms with Crippen molar-refractivity contribution in [2.75, 3.05) is 5.32 Å². The van der Waals surface area contributed by atoms with Gasteiger partial charge < -0.3 is 11.1 Å². The van der Waals surface area contributed by atoms with E-state index in [2.05, 4.69) is 5.32 Å². The third kappa shape index (κ3) is 3.40. The van der Waals surface area contributed by atoms with Gasteiger partial charge in [-0.15, -0.1) is 0 Å². The first-order valence-electron chi connectivity index (χ1n) is 5.45. The monoisotopic (exact) mass is 324 g/mol. The molecule has 0 radical (unpaired) electrons. The van der Waals surface area contributed by atoms with Gasteiger partial charge in [-0.1, -0.05) is 29.9 Å². The van der Waals surface area contributed by atoms with E-state index in [0.717, 1.165) is 12.1 Å². The lowest BCUT2D eigenvalue weighted by molar-refractivity contribution is -0.137. The Morgan fingerprint density at radius 2 is 1.90 bits per heavy atom. The Morgan fingerprint density at radius 3 is 2.35 bits per heavy atom. The quantitative estimate of drug-likeness (QED) is 0.835. The molecule has 0 aliphatic heterocycles. The Hall–Kier alpha value is -1.34. The molecule has 0 fully saturated rings. The fourth-order valence-electron chi connectivity index (χ4n) is 1.27. The number of anilines is 1. The van der Waals surface area contributed by atoms with Crippen molar-refractivity contribution in [2.24, 2.45) is 11.1 Å². The lowest BCUT2D eigenvalue weighted by Gasteiger charge is -2.23. The average Bonchev–Trinajstić information content (AvgIpc) is 2.29. The fourth-order valence-corrected chi connectivity index (χ4v) is 1.58. The molecule has 0 unspecified atom stereocenters. The van der Waals surface area contributed by atoms with E-state index in [0.29, 0.717) is 0 Å². The van der Waals surface area contributed by atoms with Crippen molar-refractivity contribution in [1.82, 2.24) is 0 Å². The van der Waals surface area contributed by atoms with E-state index in [1.54, 1.807) is 0 Å². The van der Waals surface area contributed by atoms with E-state index < -0.39 is 28.7 Å². The maximum atomic E-state index is 12.9. The van der Waals surface area contributed by atoms with Crippen LogP contribution in [-0.2, 0) is 11.0 Å². The largest absolute Gasteiger partial charge is 0.418 e. The highest BCUT2D eigenvalue weighted by atomic mass is 35.5. The first-order valence-corrected chi connectivity index (χ1v) is 6.23. The van der Waals surface area contributed by atoms with Crippen LogP contribution in [0.3, 0.4) is 0 Å². The molecule has 0 saturated carbocycles. The lowest BCUT2D eigenvalue weighted by Crippen LogP contribution is -2.41. The van der Waals surface area contributed by atoms with Gasteiger partial charge in [0.15, 0.2) is 0 Å². The highest BCUT2D eigenvalue weighted by Gasteiger charge is 2.37. The van der Waals surface area contributed by atoms with Crippen LogP contribution in [0.5, 0.6) is 0 Å². The molecule has 0 aliphatic rings. The summed E-state index contributed by atoms with van der Waals surface area (Å²) in [6.07, 6.45) is -4.64. The molecule has 0 heterocycles. The Labute approximate surface area is 124 Å². The summed E-state index contributed by atoms with van der Waals surface area (Å²) in [7, 11) is 0. The second-order valence-electron chi connectivity index (χ2n) is 4.60. The number of para-hydroxylation sites is 1. The molecule has 0 saturated heterocycles. The number of carbonyl (C=O) groups excluding carboxylic acids is 1. The number of hydrogen-bond acceptors (Lipinski definition) is 2. The molecule has 1 aromatic rings. The predicted octanol–water partition coefficient (Wildman–Crippen LogP) is 3.61. The van der Waals surface area contributed by atoms with Crippen LogP contribution in [0.1, 0.15) is 19.4 Å². The molecule has 0 spiro atoms. The minimum atomic E-state index is -4.64. The molecule has 1 rings (SSSR count). The normalized spacial score (nSPS) is 12.1. The zero-order chi connectivity index (χ0) is 15.7. The minimum absolute atomic E-state index is 0.129. The maximum absolute atomic E-state index is 12.9. The first-order chi connectivity index (χ1) is 8.98. The number of thiocarbonyl (C=S) groups is 1. The Bertz CT molecular complexity index is 558. The fraction of sp³-hybridized carbons (Fsp3) is 0.333. The van der Waals surface area contributed by atoms with Crippen LogP contribution in [0.4, 0.5) is 18.9 Å². The first kappa shape index (κ1) is 16.7. The number of hydrogen-bond donors (Lipinski definition) is 2. The number of carbonyl (C=O) groups is 1. The molecule has 0 aromatic heterocycles. The van der Waals surface area contributed by atoms with Crippen molar-refractivity contribution < 1.29 is 18.0 Å². The van der Waals surface area contributed by atoms with Crippen molar-refractivity contribution in [2.45, 2.75) is 20.0 Å². The number of amides is 1. The number of nitrogens with one attached hydrogen (secondary N) is 1. The van der Waals surface area contributed by atoms with Crippen molar-refractivity contribution in [3.8, 4) is 0 Å². The number of nitrogens with two attached hydrogens (primary N) is 1. The molecule has 1 amide bonds. The van der Waals surface area contributed by atoms with Gasteiger partial charge in [-0.3, -0.25) is 4.79 Å². The van der Waals surface area contributed by atoms with Gasteiger partial charge in [0.1, 0.15) is 0 Å². The molecule has 0 bridgehead atoms. The van der Waals surface area contributed by atoms with Crippen molar-refractivity contribution in [1.29, 1.82) is 0 Å². The molecule has 20 heavy (non-hydrogen) atoms. The highest BCUT2D eigenvalue weighted by molar-refractivity contribution is 7.80. The molecule has 0 aliphatic carbocycles. The molecule has 1 aromatic carbocycles. The van der Waals surface area contributed by atoms with Gasteiger partial charge in [0.25, 0.3) is 0 Å². The molecule has 3 nitrogen and oxygen atoms in total. The summed E-state index contributed by atoms with van der Waals surface area (Å²) < 4.78 is 38.6. The third-order valence-electron chi connectivity index (χ3n) is 2.74. The van der Waals surface area contributed by atoms with E-state index in [-0.39, 0.29) is 10.0 Å². The minimum Gasteiger partial charge on any atom is -0.392 e. The van der Waals surface area contributed by atoms with Crippen molar-refractivity contribution in [3.63, 3.8) is 0 Å². The van der Waals surface area contributed by atoms with Crippen LogP contribution >= 0.6 is 23.8 Å². The van der Waals surface area contributed by atoms with Gasteiger partial charge in [-0.25, -0.2) is 0 Å². The molecule has 8 heteroatoms. The number of benzene rings is 1. The van der Waals surface area contributed by atoms with E-state index in [4.69, 9.17) is 29.6 Å². The topological polar surface area (TPSA) is 55.1 Å². The van der Waals surface area contributed by atoms with Crippen LogP contribution in [0, 0.1) is 5.41 Å². The molecular formula is C12H12ClF3N2OS. The van der Waals surface area contributed by atoms with Crippen LogP contribution < -0.4 is 11.1 Å². The van der Waals surface area contributed by atoms with Gasteiger partial charge in [-0.2, -0.15) is 13.2 Å². The van der Waals surface area contributed by atoms with Gasteiger partial charge in [0.05, 0.1) is 26.7 Å². The van der Waals surface area contributed by atoms with E-state index in [9.17, 15) is 18.0 Å². The van der Waals surface area contributed by atoms with Gasteiger partial charge >= 0.3 is 6.18 Å². The van der Waals surface area contributed by atoms with Crippen molar-refractivity contribution >= 4 is 40.4 Å². The Balaban J connectivity index is 3.23. The second-order valence-corrected chi connectivity index (χ2v) is 5.45. The van der Waals surface area contributed by atoms with Gasteiger partial charge in [0.2, 0.25) is 5.91 Å². The Morgan fingerprint density at radius 1 is 1.35 bits per heavy atom. The van der Waals surface area contributed by atoms with Crippen LogP contribution in [0.25, 0.3) is 0 Å². The smallest absolute Gasteiger partial charge is 0.392 e. The summed E-state index contributed by atoms with van der Waals surface area (Å²) in [6.45, 7) is 2.82. The van der Waals surface area contributed by atoms with Crippen LogP contribution in [-0.4, -0.2) is 10.9 Å². The van der Waals surface area contributed by atoms with Crippen LogP contribution in [0.15, 0.2) is 18.2 Å². The molecule has 0 atom stereocenters. The Kier molecular flexibility index (Phi) is 4.66. The standard InChI is InChI=1S/C12H12ClF3N2OS/c1-11(2,9(17)20)10(19)18-8-6(12(14,15)16)4-3-5-7(8)13/h3-5H,1-2H3,(H2,17,20)(H,18,19). The summed E-state index contributed by atoms with van der Waals surface area (Å²) >= 11 is 10.5. The second kappa shape index (κ2) is 5.57. The number of halogens is 4. The molecular weight excluding hydrogens is 313 g/mol. The summed E-state index contributed by atoms with van der Waals surface area (Å²) in [5.74, 6) is -0.761. The van der Waals surface area contributed by atoms with E-state index in [1.807, 2.05) is 0 Å². The highest BCUT2D eigenvalue weighted by Crippen LogP contribution is 2.39. The summed E-state index contributed by atoms with van der Waals surface area (Å²) in [5.41, 5.74) is 2.57. The van der Waals surface area contributed by atoms with E-state index in [1.165, 1.54) is 19.9 Å². The molecule has 3 N–H and O–H groups in total. The average molecular weight is 325 g/mol. The molecule has 110 valence electrons. The number of rotatable bonds is 3. The third-order valence-corrected chi connectivity index (χ3v) is 3.57. The zero-order valence-electron chi connectivity index (χ0n) is 10.6. The van der Waals surface area contributed by atoms with Crippen molar-refractivity contribution in [3.05, 3.63) is 28.8 Å². The maximum Gasteiger partial charge on any atom is 0.418 e. The van der Waals surface area contributed by atoms with E-state index >= 15 is 0 Å². The summed E-state index contributed by atoms with van der Waals surface area (Å²) in [5, 5.41) is 1.93. The van der Waals surface area contributed by atoms with Gasteiger partial charge in [-0.05, 0) is 26.0 Å². The number of alkyl halides is 3. The SMILES string of the molecule is CC(C)(C(=O)Nc1c(Cl)cccc1C(F)(F)F)C(N)=S. The van der Waals surface area contributed by atoms with Crippen LogP contribution in [0.2, 0.25) is 5.02 Å².